The molecule has 2 heterocycles. The Morgan fingerprint density at radius 1 is 1.29 bits per heavy atom. The predicted octanol–water partition coefficient (Wildman–Crippen LogP) is 3.91. The summed E-state index contributed by atoms with van der Waals surface area (Å²) in [5.74, 6) is 0.845. The number of nitrogens with one attached hydrogen (secondary N) is 1. The van der Waals surface area contributed by atoms with Crippen LogP contribution in [-0.2, 0) is 0 Å². The molecule has 2 aromatic heterocycles. The van der Waals surface area contributed by atoms with Crippen molar-refractivity contribution in [1.82, 2.24) is 4.98 Å². The smallest absolute Gasteiger partial charge is 0.295 e. The first-order chi connectivity index (χ1) is 8.29. The lowest BCUT2D eigenvalue weighted by molar-refractivity contribution is 0.544. The van der Waals surface area contributed by atoms with E-state index in [0.717, 1.165) is 17.0 Å². The van der Waals surface area contributed by atoms with Gasteiger partial charge in [-0.15, -0.1) is 11.3 Å². The summed E-state index contributed by atoms with van der Waals surface area (Å²) in [6, 6.07) is 8.91. The van der Waals surface area contributed by atoms with Crippen molar-refractivity contribution in [2.45, 2.75) is 6.92 Å². The SMILES string of the molecule is CNc1nc(-c2csc3ccccc23)c(C)o1. The van der Waals surface area contributed by atoms with E-state index >= 15 is 0 Å². The number of rotatable bonds is 2. The number of oxazole rings is 1. The highest BCUT2D eigenvalue weighted by atomic mass is 32.1. The van der Waals surface area contributed by atoms with Crippen LogP contribution in [0, 0.1) is 6.92 Å². The van der Waals surface area contributed by atoms with Gasteiger partial charge in [0.1, 0.15) is 11.5 Å². The standard InChI is InChI=1S/C13H12N2OS/c1-8-12(15-13(14-2)16-8)10-7-17-11-6-4-3-5-9(10)11/h3-7H,1-2H3,(H,14,15). The van der Waals surface area contributed by atoms with Crippen LogP contribution in [0.5, 0.6) is 0 Å². The third-order valence-corrected chi connectivity index (χ3v) is 3.71. The molecule has 0 radical (unpaired) electrons. The molecule has 0 aliphatic rings. The van der Waals surface area contributed by atoms with Crippen LogP contribution in [0.1, 0.15) is 5.76 Å². The second-order valence-electron chi connectivity index (χ2n) is 3.82. The number of aromatic nitrogens is 1. The van der Waals surface area contributed by atoms with Crippen molar-refractivity contribution in [2.24, 2.45) is 0 Å². The Balaban J connectivity index is 2.23. The van der Waals surface area contributed by atoms with Crippen molar-refractivity contribution >= 4 is 27.4 Å². The van der Waals surface area contributed by atoms with Gasteiger partial charge >= 0.3 is 0 Å². The van der Waals surface area contributed by atoms with E-state index in [2.05, 4.69) is 33.9 Å². The summed E-state index contributed by atoms with van der Waals surface area (Å²) >= 11 is 1.73. The molecule has 4 heteroatoms. The summed E-state index contributed by atoms with van der Waals surface area (Å²) in [5.41, 5.74) is 2.07. The summed E-state index contributed by atoms with van der Waals surface area (Å²) in [7, 11) is 1.81. The van der Waals surface area contributed by atoms with E-state index in [0.29, 0.717) is 6.01 Å². The molecule has 0 aliphatic heterocycles. The molecular formula is C13H12N2OS. The van der Waals surface area contributed by atoms with Crippen LogP contribution >= 0.6 is 11.3 Å². The fraction of sp³-hybridized carbons (Fsp3) is 0.154. The number of fused-ring (bicyclic) bond motifs is 1. The van der Waals surface area contributed by atoms with Gasteiger partial charge in [-0.05, 0) is 13.0 Å². The first-order valence-electron chi connectivity index (χ1n) is 5.41. The van der Waals surface area contributed by atoms with E-state index in [-0.39, 0.29) is 0 Å². The van der Waals surface area contributed by atoms with Crippen molar-refractivity contribution in [2.75, 3.05) is 12.4 Å². The zero-order valence-corrected chi connectivity index (χ0v) is 10.5. The number of hydrogen-bond acceptors (Lipinski definition) is 4. The highest BCUT2D eigenvalue weighted by Crippen LogP contribution is 2.35. The Kier molecular flexibility index (Phi) is 2.37. The number of thiophene rings is 1. The Hall–Kier alpha value is -1.81. The fourth-order valence-electron chi connectivity index (χ4n) is 1.91. The normalized spacial score (nSPS) is 10.9. The molecule has 0 amide bonds. The van der Waals surface area contributed by atoms with Crippen LogP contribution in [0.15, 0.2) is 34.1 Å². The second-order valence-corrected chi connectivity index (χ2v) is 4.73. The molecule has 1 aromatic carbocycles. The quantitative estimate of drug-likeness (QED) is 0.742. The van der Waals surface area contributed by atoms with Crippen LogP contribution in [0.4, 0.5) is 6.01 Å². The molecule has 3 nitrogen and oxygen atoms in total. The Morgan fingerprint density at radius 2 is 2.12 bits per heavy atom. The molecule has 17 heavy (non-hydrogen) atoms. The zero-order valence-electron chi connectivity index (χ0n) is 9.65. The molecule has 1 N–H and O–H groups in total. The van der Waals surface area contributed by atoms with Crippen molar-refractivity contribution in [3.63, 3.8) is 0 Å². The molecule has 0 spiro atoms. The lowest BCUT2D eigenvalue weighted by Crippen LogP contribution is -1.86. The molecule has 3 aromatic rings. The number of nitrogens with zero attached hydrogens (tertiary/aromatic N) is 1. The summed E-state index contributed by atoms with van der Waals surface area (Å²) in [5, 5.41) is 6.29. The molecule has 0 saturated heterocycles. The van der Waals surface area contributed by atoms with Crippen molar-refractivity contribution in [3.8, 4) is 11.3 Å². The average molecular weight is 244 g/mol. The second kappa shape index (κ2) is 3.89. The van der Waals surface area contributed by atoms with Crippen molar-refractivity contribution < 1.29 is 4.42 Å². The monoisotopic (exact) mass is 244 g/mol. The van der Waals surface area contributed by atoms with Gasteiger partial charge in [-0.2, -0.15) is 4.98 Å². The minimum absolute atomic E-state index is 0.563. The van der Waals surface area contributed by atoms with Gasteiger partial charge in [-0.1, -0.05) is 18.2 Å². The number of hydrogen-bond donors (Lipinski definition) is 1. The van der Waals surface area contributed by atoms with Crippen LogP contribution in [0.3, 0.4) is 0 Å². The van der Waals surface area contributed by atoms with Gasteiger partial charge in [0.2, 0.25) is 0 Å². The zero-order chi connectivity index (χ0) is 11.8. The summed E-state index contributed by atoms with van der Waals surface area (Å²) in [4.78, 5) is 4.45. The maximum atomic E-state index is 5.52. The third kappa shape index (κ3) is 1.61. The first-order valence-corrected chi connectivity index (χ1v) is 6.29. The van der Waals surface area contributed by atoms with E-state index in [1.807, 2.05) is 13.0 Å². The van der Waals surface area contributed by atoms with Crippen LogP contribution in [0.2, 0.25) is 0 Å². The van der Waals surface area contributed by atoms with E-state index < -0.39 is 0 Å². The predicted molar refractivity (Wildman–Crippen MR) is 71.6 cm³/mol. The molecule has 0 saturated carbocycles. The number of aryl methyl sites for hydroxylation is 1. The van der Waals surface area contributed by atoms with Gasteiger partial charge in [0.15, 0.2) is 0 Å². The number of benzene rings is 1. The lowest BCUT2D eigenvalue weighted by Gasteiger charge is -1.94. The van der Waals surface area contributed by atoms with Gasteiger partial charge in [0.05, 0.1) is 0 Å². The average Bonchev–Trinajstić information content (AvgIpc) is 2.92. The Labute approximate surface area is 103 Å². The molecule has 0 fully saturated rings. The van der Waals surface area contributed by atoms with Crippen molar-refractivity contribution in [1.29, 1.82) is 0 Å². The van der Waals surface area contributed by atoms with E-state index in [4.69, 9.17) is 4.42 Å². The lowest BCUT2D eigenvalue weighted by atomic mass is 10.1. The van der Waals surface area contributed by atoms with E-state index in [1.165, 1.54) is 10.1 Å². The molecule has 0 atom stereocenters. The number of anilines is 1. The van der Waals surface area contributed by atoms with Gasteiger partial charge in [-0.3, -0.25) is 0 Å². The maximum Gasteiger partial charge on any atom is 0.295 e. The Bertz CT molecular complexity index is 669. The summed E-state index contributed by atoms with van der Waals surface area (Å²) in [6.45, 7) is 1.94. The van der Waals surface area contributed by atoms with E-state index in [9.17, 15) is 0 Å². The fourth-order valence-corrected chi connectivity index (χ4v) is 2.86. The minimum atomic E-state index is 0.563. The maximum absolute atomic E-state index is 5.52. The summed E-state index contributed by atoms with van der Waals surface area (Å²) < 4.78 is 6.79. The van der Waals surface area contributed by atoms with Crippen LogP contribution < -0.4 is 5.32 Å². The largest absolute Gasteiger partial charge is 0.428 e. The molecule has 86 valence electrons. The van der Waals surface area contributed by atoms with Crippen LogP contribution in [0.25, 0.3) is 21.3 Å². The van der Waals surface area contributed by atoms with Crippen LogP contribution in [-0.4, -0.2) is 12.0 Å². The van der Waals surface area contributed by atoms with Crippen molar-refractivity contribution in [3.05, 3.63) is 35.4 Å². The minimum Gasteiger partial charge on any atom is -0.428 e. The molecule has 0 bridgehead atoms. The topological polar surface area (TPSA) is 38.1 Å². The van der Waals surface area contributed by atoms with Gasteiger partial charge in [0, 0.05) is 28.1 Å². The van der Waals surface area contributed by atoms with Gasteiger partial charge < -0.3 is 9.73 Å². The molecular weight excluding hydrogens is 232 g/mol. The molecule has 0 unspecified atom stereocenters. The highest BCUT2D eigenvalue weighted by Gasteiger charge is 2.14. The third-order valence-electron chi connectivity index (χ3n) is 2.75. The highest BCUT2D eigenvalue weighted by molar-refractivity contribution is 7.17. The molecule has 3 rings (SSSR count). The van der Waals surface area contributed by atoms with Gasteiger partial charge in [-0.25, -0.2) is 0 Å². The van der Waals surface area contributed by atoms with Gasteiger partial charge in [0.25, 0.3) is 6.01 Å². The summed E-state index contributed by atoms with van der Waals surface area (Å²) in [6.07, 6.45) is 0. The molecule has 0 aliphatic carbocycles. The van der Waals surface area contributed by atoms with E-state index in [1.54, 1.807) is 18.4 Å². The Morgan fingerprint density at radius 3 is 2.88 bits per heavy atom. The first kappa shape index (κ1) is 10.4.